The van der Waals surface area contributed by atoms with Gasteiger partial charge in [0.05, 0.1) is 23.5 Å². The van der Waals surface area contributed by atoms with E-state index in [1.807, 2.05) is 19.9 Å². The second kappa shape index (κ2) is 9.32. The lowest BCUT2D eigenvalue weighted by Gasteiger charge is -2.29. The van der Waals surface area contributed by atoms with Gasteiger partial charge < -0.3 is 4.90 Å². The van der Waals surface area contributed by atoms with E-state index in [0.717, 1.165) is 29.9 Å². The maximum atomic E-state index is 9.69. The van der Waals surface area contributed by atoms with E-state index >= 15 is 0 Å². The highest BCUT2D eigenvalue weighted by atomic mass is 16.1. The molecule has 0 fully saturated rings. The first-order chi connectivity index (χ1) is 13.5. The van der Waals surface area contributed by atoms with Crippen molar-refractivity contribution in [3.8, 4) is 0 Å². The van der Waals surface area contributed by atoms with Crippen LogP contribution >= 0.6 is 0 Å². The van der Waals surface area contributed by atoms with Gasteiger partial charge in [0.1, 0.15) is 0 Å². The number of carbonyl (C=O) groups is 1. The van der Waals surface area contributed by atoms with Crippen molar-refractivity contribution >= 4 is 22.4 Å². The molecule has 28 heavy (non-hydrogen) atoms. The lowest BCUT2D eigenvalue weighted by atomic mass is 9.98. The van der Waals surface area contributed by atoms with Crippen molar-refractivity contribution in [3.05, 3.63) is 83.7 Å². The van der Waals surface area contributed by atoms with Crippen molar-refractivity contribution in [1.29, 1.82) is 0 Å². The van der Waals surface area contributed by atoms with Gasteiger partial charge >= 0.3 is 0 Å². The molecule has 0 spiro atoms. The van der Waals surface area contributed by atoms with Crippen molar-refractivity contribution in [2.75, 3.05) is 0 Å². The Kier molecular flexibility index (Phi) is 7.11. The number of aromatic nitrogens is 1. The zero-order valence-electron chi connectivity index (χ0n) is 17.7. The van der Waals surface area contributed by atoms with E-state index in [-0.39, 0.29) is 5.78 Å². The first-order valence-electron chi connectivity index (χ1n) is 9.86. The van der Waals surface area contributed by atoms with Crippen LogP contribution in [-0.4, -0.2) is 15.7 Å². The van der Waals surface area contributed by atoms with E-state index in [1.165, 1.54) is 40.8 Å². The minimum atomic E-state index is 0.0185. The van der Waals surface area contributed by atoms with Gasteiger partial charge in [0.25, 0.3) is 0 Å². The fraction of sp³-hybridized carbons (Fsp3) is 0.280. The van der Waals surface area contributed by atoms with E-state index in [0.29, 0.717) is 0 Å². The summed E-state index contributed by atoms with van der Waals surface area (Å²) < 4.78 is 0. The molecule has 0 radical (unpaired) electrons. The minimum Gasteiger partial charge on any atom is -0.335 e. The molecule has 4 rings (SSSR count). The highest BCUT2D eigenvalue weighted by Crippen LogP contribution is 2.42. The van der Waals surface area contributed by atoms with Gasteiger partial charge in [0.15, 0.2) is 5.78 Å². The van der Waals surface area contributed by atoms with Crippen LogP contribution in [0.5, 0.6) is 0 Å². The molecule has 1 aromatic carbocycles. The Morgan fingerprint density at radius 2 is 1.93 bits per heavy atom. The molecule has 0 bridgehead atoms. The predicted octanol–water partition coefficient (Wildman–Crippen LogP) is 6.43. The fourth-order valence-electron chi connectivity index (χ4n) is 3.44. The number of para-hydroxylation sites is 1. The quantitative estimate of drug-likeness (QED) is 0.568. The van der Waals surface area contributed by atoms with Crippen LogP contribution in [0.4, 0.5) is 0 Å². The van der Waals surface area contributed by atoms with Crippen LogP contribution in [0.25, 0.3) is 16.6 Å². The number of allylic oxidation sites excluding steroid dienone is 4. The molecule has 2 aliphatic heterocycles. The minimum absolute atomic E-state index is 0.0185. The summed E-state index contributed by atoms with van der Waals surface area (Å²) in [4.78, 5) is 16.9. The molecule has 1 aromatic heterocycles. The number of nitrogens with zero attached hydrogens (tertiary/aromatic N) is 2. The Morgan fingerprint density at radius 3 is 2.54 bits per heavy atom. The summed E-state index contributed by atoms with van der Waals surface area (Å²) in [5.74, 6) is 0.0185. The number of rotatable bonds is 2. The summed E-state index contributed by atoms with van der Waals surface area (Å²) in [6.07, 6.45) is 4.57. The molecule has 0 aliphatic carbocycles. The maximum Gasteiger partial charge on any atom is 0.152 e. The summed E-state index contributed by atoms with van der Waals surface area (Å²) in [7, 11) is 0. The average Bonchev–Trinajstić information content (AvgIpc) is 3.06. The Hall–Kier alpha value is -2.94. The van der Waals surface area contributed by atoms with Gasteiger partial charge in [-0.25, -0.2) is 4.98 Å². The molecular formula is C25H30N2O. The second-order valence-corrected chi connectivity index (χ2v) is 6.58. The predicted molar refractivity (Wildman–Crippen MR) is 120 cm³/mol. The molecule has 2 aromatic rings. The van der Waals surface area contributed by atoms with E-state index in [4.69, 9.17) is 4.98 Å². The van der Waals surface area contributed by atoms with Crippen LogP contribution in [0.2, 0.25) is 0 Å². The molecule has 146 valence electrons. The molecule has 0 amide bonds. The summed E-state index contributed by atoms with van der Waals surface area (Å²) in [5.41, 5.74) is 8.49. The number of pyridine rings is 1. The van der Waals surface area contributed by atoms with Crippen molar-refractivity contribution < 1.29 is 4.79 Å². The normalized spacial score (nSPS) is 14.2. The molecule has 0 unspecified atom stereocenters. The first-order valence-corrected chi connectivity index (χ1v) is 9.86. The SMILES string of the molecule is C=C1C(CC)=C(C)C=C2c3nc4ccccc4cc3CN12.C=CC(C)=O.CC. The summed E-state index contributed by atoms with van der Waals surface area (Å²) in [5, 5.41) is 1.21. The third-order valence-corrected chi connectivity index (χ3v) is 4.81. The Morgan fingerprint density at radius 1 is 1.29 bits per heavy atom. The molecular weight excluding hydrogens is 344 g/mol. The second-order valence-electron chi connectivity index (χ2n) is 6.58. The zero-order chi connectivity index (χ0) is 20.8. The van der Waals surface area contributed by atoms with Crippen LogP contribution < -0.4 is 0 Å². The highest BCUT2D eigenvalue weighted by Gasteiger charge is 2.31. The van der Waals surface area contributed by atoms with Gasteiger partial charge in [-0.1, -0.05) is 52.1 Å². The number of hydrogen-bond donors (Lipinski definition) is 0. The van der Waals surface area contributed by atoms with Crippen molar-refractivity contribution in [2.24, 2.45) is 0 Å². The van der Waals surface area contributed by atoms with Gasteiger partial charge in [0.2, 0.25) is 0 Å². The lowest BCUT2D eigenvalue weighted by molar-refractivity contribution is -0.112. The van der Waals surface area contributed by atoms with Gasteiger partial charge in [-0.3, -0.25) is 4.79 Å². The van der Waals surface area contributed by atoms with Crippen LogP contribution in [0.15, 0.2) is 72.5 Å². The zero-order valence-corrected chi connectivity index (χ0v) is 17.7. The lowest BCUT2D eigenvalue weighted by Crippen LogP contribution is -2.19. The van der Waals surface area contributed by atoms with E-state index in [2.05, 4.69) is 62.2 Å². The summed E-state index contributed by atoms with van der Waals surface area (Å²) in [6.45, 7) is 18.2. The largest absolute Gasteiger partial charge is 0.335 e. The molecule has 0 saturated heterocycles. The first kappa shape index (κ1) is 21.4. The average molecular weight is 375 g/mol. The van der Waals surface area contributed by atoms with Crippen molar-refractivity contribution in [3.63, 3.8) is 0 Å². The topological polar surface area (TPSA) is 33.2 Å². The molecule has 2 aliphatic rings. The summed E-state index contributed by atoms with van der Waals surface area (Å²) in [6, 6.07) is 10.6. The number of fused-ring (bicyclic) bond motifs is 4. The number of hydrogen-bond acceptors (Lipinski definition) is 3. The van der Waals surface area contributed by atoms with Crippen molar-refractivity contribution in [2.45, 2.75) is 47.6 Å². The molecule has 0 saturated carbocycles. The van der Waals surface area contributed by atoms with Crippen LogP contribution in [-0.2, 0) is 11.3 Å². The molecule has 0 N–H and O–H groups in total. The maximum absolute atomic E-state index is 9.69. The van der Waals surface area contributed by atoms with E-state index < -0.39 is 0 Å². The van der Waals surface area contributed by atoms with Crippen LogP contribution in [0.3, 0.4) is 0 Å². The van der Waals surface area contributed by atoms with Crippen molar-refractivity contribution in [1.82, 2.24) is 9.88 Å². The third kappa shape index (κ3) is 4.14. The van der Waals surface area contributed by atoms with Gasteiger partial charge in [0, 0.05) is 16.6 Å². The van der Waals surface area contributed by atoms with Crippen LogP contribution in [0.1, 0.15) is 52.3 Å². The van der Waals surface area contributed by atoms with Gasteiger partial charge in [-0.2, -0.15) is 0 Å². The molecule has 3 nitrogen and oxygen atoms in total. The van der Waals surface area contributed by atoms with E-state index in [1.54, 1.807) is 0 Å². The Labute approximate surface area is 168 Å². The fourth-order valence-corrected chi connectivity index (χ4v) is 3.44. The highest BCUT2D eigenvalue weighted by molar-refractivity contribution is 5.86. The summed E-state index contributed by atoms with van der Waals surface area (Å²) >= 11 is 0. The number of ketones is 1. The van der Waals surface area contributed by atoms with Gasteiger partial charge in [-0.15, -0.1) is 0 Å². The molecule has 3 heteroatoms. The smallest absolute Gasteiger partial charge is 0.152 e. The number of benzene rings is 1. The standard InChI is InChI=1S/C19H18N2.C4H6O.C2H6/c1-4-16-12(2)9-18-19-15(11-21(18)13(16)3)10-14-7-5-6-8-17(14)20-19;1-3-4(2)5;1-2/h5-10H,3-4,11H2,1-2H3;3H,1H2,2H3;1-2H3. The van der Waals surface area contributed by atoms with E-state index in [9.17, 15) is 4.79 Å². The molecule has 3 heterocycles. The Balaban J connectivity index is 0.000000352. The van der Waals surface area contributed by atoms with Crippen LogP contribution in [0, 0.1) is 0 Å². The monoisotopic (exact) mass is 374 g/mol. The third-order valence-electron chi connectivity index (χ3n) is 4.81. The van der Waals surface area contributed by atoms with Gasteiger partial charge in [-0.05, 0) is 55.7 Å². The number of carbonyl (C=O) groups excluding carboxylic acids is 1. The Bertz CT molecular complexity index is 979. The molecule has 0 atom stereocenters.